The van der Waals surface area contributed by atoms with E-state index in [4.69, 9.17) is 0 Å². The summed E-state index contributed by atoms with van der Waals surface area (Å²) in [5.74, 6) is 1.20. The number of hydrogen-bond donors (Lipinski definition) is 2. The normalized spacial score (nSPS) is 10.3. The average Bonchev–Trinajstić information content (AvgIpc) is 2.41. The van der Waals surface area contributed by atoms with Gasteiger partial charge in [0, 0.05) is 18.9 Å². The van der Waals surface area contributed by atoms with Gasteiger partial charge >= 0.3 is 6.61 Å². The van der Waals surface area contributed by atoms with Crippen LogP contribution in [-0.4, -0.2) is 23.6 Å². The zero-order valence-corrected chi connectivity index (χ0v) is 10.1. The lowest BCUT2D eigenvalue weighted by Gasteiger charge is -2.08. The summed E-state index contributed by atoms with van der Waals surface area (Å²) in [6.07, 6.45) is 1.61. The van der Waals surface area contributed by atoms with Gasteiger partial charge in [-0.2, -0.15) is 13.8 Å². The van der Waals surface area contributed by atoms with E-state index < -0.39 is 6.61 Å². The highest BCUT2D eigenvalue weighted by molar-refractivity contribution is 5.57. The molecule has 2 N–H and O–H groups in total. The topological polar surface area (TPSA) is 59.1 Å². The molecule has 0 aliphatic carbocycles. The molecule has 100 valence electrons. The molecule has 0 aliphatic rings. The maximum absolute atomic E-state index is 12.0. The molecule has 0 unspecified atom stereocenters. The van der Waals surface area contributed by atoms with E-state index in [1.165, 1.54) is 12.1 Å². The van der Waals surface area contributed by atoms with E-state index in [0.717, 1.165) is 0 Å². The number of hydrogen-bond acceptors (Lipinski definition) is 5. The summed E-state index contributed by atoms with van der Waals surface area (Å²) in [4.78, 5) is 8.15. The van der Waals surface area contributed by atoms with Crippen molar-refractivity contribution in [3.8, 4) is 5.75 Å². The summed E-state index contributed by atoms with van der Waals surface area (Å²) < 4.78 is 28.2. The van der Waals surface area contributed by atoms with Crippen LogP contribution in [0.3, 0.4) is 0 Å². The van der Waals surface area contributed by atoms with Gasteiger partial charge in [-0.3, -0.25) is 0 Å². The predicted octanol–water partition coefficient (Wildman–Crippen LogP) is 2.86. The first-order valence-electron chi connectivity index (χ1n) is 5.50. The van der Waals surface area contributed by atoms with Gasteiger partial charge in [0.15, 0.2) is 0 Å². The van der Waals surface area contributed by atoms with Crippen molar-refractivity contribution in [1.29, 1.82) is 0 Å². The van der Waals surface area contributed by atoms with Gasteiger partial charge in [-0.25, -0.2) is 4.98 Å². The van der Waals surface area contributed by atoms with Crippen LogP contribution in [0.4, 0.5) is 26.2 Å². The number of benzene rings is 1. The summed E-state index contributed by atoms with van der Waals surface area (Å²) in [5.41, 5.74) is 0.711. The molecule has 1 aromatic heterocycles. The number of ether oxygens (including phenoxy) is 1. The van der Waals surface area contributed by atoms with Crippen LogP contribution in [0.5, 0.6) is 5.75 Å². The Morgan fingerprint density at radius 1 is 1.16 bits per heavy atom. The standard InChI is InChI=1S/C12H12F2N4O/c1-15-12-16-7-6-10(18-12)17-8-2-4-9(5-3-8)19-11(13)14/h2-7,11H,1H3,(H2,15,16,17,18). The lowest BCUT2D eigenvalue weighted by atomic mass is 10.3. The third kappa shape index (κ3) is 3.77. The number of nitrogens with zero attached hydrogens (tertiary/aromatic N) is 2. The molecule has 0 aliphatic heterocycles. The maximum atomic E-state index is 12.0. The van der Waals surface area contributed by atoms with Crippen molar-refractivity contribution < 1.29 is 13.5 Å². The molecule has 7 heteroatoms. The Labute approximate surface area is 108 Å². The fourth-order valence-corrected chi connectivity index (χ4v) is 1.42. The predicted molar refractivity (Wildman–Crippen MR) is 67.9 cm³/mol. The van der Waals surface area contributed by atoms with Crippen LogP contribution in [-0.2, 0) is 0 Å². The number of aromatic nitrogens is 2. The first-order valence-corrected chi connectivity index (χ1v) is 5.50. The average molecular weight is 266 g/mol. The zero-order chi connectivity index (χ0) is 13.7. The highest BCUT2D eigenvalue weighted by Crippen LogP contribution is 2.20. The quantitative estimate of drug-likeness (QED) is 0.871. The van der Waals surface area contributed by atoms with Gasteiger partial charge in [0.2, 0.25) is 5.95 Å². The molecule has 0 fully saturated rings. The second kappa shape index (κ2) is 5.94. The second-order valence-electron chi connectivity index (χ2n) is 3.54. The molecule has 1 heterocycles. The van der Waals surface area contributed by atoms with Crippen molar-refractivity contribution in [2.45, 2.75) is 6.61 Å². The summed E-state index contributed by atoms with van der Waals surface area (Å²) in [6.45, 7) is -2.82. The number of halogens is 2. The molecule has 2 aromatic rings. The third-order valence-corrected chi connectivity index (χ3v) is 2.23. The number of nitrogens with one attached hydrogen (secondary N) is 2. The van der Waals surface area contributed by atoms with Gasteiger partial charge in [-0.15, -0.1) is 0 Å². The van der Waals surface area contributed by atoms with Crippen molar-refractivity contribution in [3.05, 3.63) is 36.5 Å². The minimum Gasteiger partial charge on any atom is -0.435 e. The minimum atomic E-state index is -2.82. The van der Waals surface area contributed by atoms with Gasteiger partial charge in [-0.1, -0.05) is 0 Å². The SMILES string of the molecule is CNc1nccc(Nc2ccc(OC(F)F)cc2)n1. The molecule has 0 spiro atoms. The largest absolute Gasteiger partial charge is 0.435 e. The van der Waals surface area contributed by atoms with E-state index in [2.05, 4.69) is 25.3 Å². The molecule has 0 saturated heterocycles. The Bertz CT molecular complexity index is 534. The van der Waals surface area contributed by atoms with Crippen molar-refractivity contribution in [2.75, 3.05) is 17.7 Å². The number of alkyl halides is 2. The van der Waals surface area contributed by atoms with E-state index in [0.29, 0.717) is 17.5 Å². The maximum Gasteiger partial charge on any atom is 0.387 e. The summed E-state index contributed by atoms with van der Waals surface area (Å²) >= 11 is 0. The summed E-state index contributed by atoms with van der Waals surface area (Å²) in [7, 11) is 1.72. The van der Waals surface area contributed by atoms with Gasteiger partial charge in [-0.05, 0) is 30.3 Å². The first kappa shape index (κ1) is 13.0. The van der Waals surface area contributed by atoms with Crippen LogP contribution < -0.4 is 15.4 Å². The van der Waals surface area contributed by atoms with Crippen LogP contribution in [0.1, 0.15) is 0 Å². The Kier molecular flexibility index (Phi) is 4.07. The first-order chi connectivity index (χ1) is 9.17. The molecule has 0 saturated carbocycles. The fraction of sp³-hybridized carbons (Fsp3) is 0.167. The van der Waals surface area contributed by atoms with Crippen molar-refractivity contribution in [2.24, 2.45) is 0 Å². The van der Waals surface area contributed by atoms with Crippen LogP contribution in [0.15, 0.2) is 36.5 Å². The smallest absolute Gasteiger partial charge is 0.387 e. The lowest BCUT2D eigenvalue weighted by Crippen LogP contribution is -2.02. The molecule has 0 atom stereocenters. The van der Waals surface area contributed by atoms with E-state index in [1.54, 1.807) is 31.4 Å². The zero-order valence-electron chi connectivity index (χ0n) is 10.1. The van der Waals surface area contributed by atoms with E-state index in [9.17, 15) is 8.78 Å². The Morgan fingerprint density at radius 2 is 1.89 bits per heavy atom. The fourth-order valence-electron chi connectivity index (χ4n) is 1.42. The highest BCUT2D eigenvalue weighted by Gasteiger charge is 2.04. The molecule has 0 amide bonds. The van der Waals surface area contributed by atoms with E-state index in [-0.39, 0.29) is 5.75 Å². The van der Waals surface area contributed by atoms with Gasteiger partial charge < -0.3 is 15.4 Å². The van der Waals surface area contributed by atoms with Gasteiger partial charge in [0.25, 0.3) is 0 Å². The van der Waals surface area contributed by atoms with Gasteiger partial charge in [0.05, 0.1) is 0 Å². The van der Waals surface area contributed by atoms with Crippen LogP contribution in [0, 0.1) is 0 Å². The molecule has 19 heavy (non-hydrogen) atoms. The molecule has 0 radical (unpaired) electrons. The monoisotopic (exact) mass is 266 g/mol. The third-order valence-electron chi connectivity index (χ3n) is 2.23. The van der Waals surface area contributed by atoms with Crippen LogP contribution in [0.25, 0.3) is 0 Å². The van der Waals surface area contributed by atoms with E-state index in [1.807, 2.05) is 0 Å². The molecule has 5 nitrogen and oxygen atoms in total. The van der Waals surface area contributed by atoms with Crippen molar-refractivity contribution >= 4 is 17.5 Å². The van der Waals surface area contributed by atoms with E-state index >= 15 is 0 Å². The van der Waals surface area contributed by atoms with Crippen molar-refractivity contribution in [3.63, 3.8) is 0 Å². The van der Waals surface area contributed by atoms with Crippen LogP contribution >= 0.6 is 0 Å². The molecular weight excluding hydrogens is 254 g/mol. The second-order valence-corrected chi connectivity index (χ2v) is 3.54. The lowest BCUT2D eigenvalue weighted by molar-refractivity contribution is -0.0498. The van der Waals surface area contributed by atoms with Gasteiger partial charge in [0.1, 0.15) is 11.6 Å². The molecule has 0 bridgehead atoms. The Morgan fingerprint density at radius 3 is 2.53 bits per heavy atom. The van der Waals surface area contributed by atoms with Crippen LogP contribution in [0.2, 0.25) is 0 Å². The number of anilines is 3. The molecular formula is C12H12F2N4O. The Balaban J connectivity index is 2.06. The molecule has 2 rings (SSSR count). The Hall–Kier alpha value is -2.44. The van der Waals surface area contributed by atoms with Crippen molar-refractivity contribution in [1.82, 2.24) is 9.97 Å². The number of rotatable bonds is 5. The minimum absolute atomic E-state index is 0.110. The summed E-state index contributed by atoms with van der Waals surface area (Å²) in [6, 6.07) is 7.85. The highest BCUT2D eigenvalue weighted by atomic mass is 19.3. The summed E-state index contributed by atoms with van der Waals surface area (Å²) in [5, 5.41) is 5.84. The molecule has 1 aromatic carbocycles.